The third-order valence-electron chi connectivity index (χ3n) is 4.91. The van der Waals surface area contributed by atoms with Gasteiger partial charge in [0.05, 0.1) is 5.56 Å². The van der Waals surface area contributed by atoms with Crippen molar-refractivity contribution in [3.05, 3.63) is 75.8 Å². The lowest BCUT2D eigenvalue weighted by Gasteiger charge is -2.34. The predicted molar refractivity (Wildman–Crippen MR) is 113 cm³/mol. The van der Waals surface area contributed by atoms with Gasteiger partial charge in [-0.05, 0) is 41.8 Å². The van der Waals surface area contributed by atoms with Crippen LogP contribution in [0.15, 0.2) is 59.1 Å². The number of benzene rings is 2. The Morgan fingerprint density at radius 1 is 1.04 bits per heavy atom. The van der Waals surface area contributed by atoms with Crippen LogP contribution in [-0.2, 0) is 6.42 Å². The first-order valence-electron chi connectivity index (χ1n) is 9.29. The van der Waals surface area contributed by atoms with Crippen molar-refractivity contribution in [1.82, 2.24) is 9.80 Å². The zero-order valence-corrected chi connectivity index (χ0v) is 16.9. The van der Waals surface area contributed by atoms with E-state index in [9.17, 15) is 4.79 Å². The third kappa shape index (κ3) is 6.31. The average Bonchev–Trinajstić information content (AvgIpc) is 2.68. The molecule has 1 N–H and O–H groups in total. The normalized spacial score (nSPS) is 16.0. The minimum atomic E-state index is -0.869. The molecule has 1 aliphatic rings. The van der Waals surface area contributed by atoms with Gasteiger partial charge in [-0.3, -0.25) is 4.90 Å². The van der Waals surface area contributed by atoms with E-state index in [1.54, 1.807) is 12.1 Å². The standard InChI is InChI=1S/C22H25BrN2O2/c23-21-5-1-3-19(17-21)4-2-11-24-13-15-25(16-14-24)12-10-18-6-8-20(9-7-18)22(26)27/h1-9,17H,10-16H2,(H,26,27)/b4-2+. The second-order valence-corrected chi connectivity index (χ2v) is 7.77. The minimum Gasteiger partial charge on any atom is -0.478 e. The van der Waals surface area contributed by atoms with Crippen molar-refractivity contribution >= 4 is 28.0 Å². The topological polar surface area (TPSA) is 43.8 Å². The van der Waals surface area contributed by atoms with Crippen LogP contribution in [0.2, 0.25) is 0 Å². The molecule has 1 heterocycles. The molecule has 0 aliphatic carbocycles. The van der Waals surface area contributed by atoms with E-state index >= 15 is 0 Å². The lowest BCUT2D eigenvalue weighted by molar-refractivity contribution is 0.0697. The van der Waals surface area contributed by atoms with Gasteiger partial charge >= 0.3 is 5.97 Å². The molecule has 1 saturated heterocycles. The number of aromatic carboxylic acids is 1. The zero-order valence-electron chi connectivity index (χ0n) is 15.4. The average molecular weight is 429 g/mol. The number of halogens is 1. The summed E-state index contributed by atoms with van der Waals surface area (Å²) in [6, 6.07) is 15.5. The van der Waals surface area contributed by atoms with Crippen LogP contribution in [0.25, 0.3) is 6.08 Å². The molecule has 0 radical (unpaired) electrons. The van der Waals surface area contributed by atoms with Crippen LogP contribution in [0.4, 0.5) is 0 Å². The maximum Gasteiger partial charge on any atom is 0.335 e. The van der Waals surface area contributed by atoms with E-state index in [4.69, 9.17) is 5.11 Å². The molecular formula is C22H25BrN2O2. The summed E-state index contributed by atoms with van der Waals surface area (Å²) in [4.78, 5) is 15.9. The van der Waals surface area contributed by atoms with Gasteiger partial charge in [-0.2, -0.15) is 0 Å². The number of rotatable bonds is 7. The molecule has 3 rings (SSSR count). The van der Waals surface area contributed by atoms with Crippen molar-refractivity contribution in [2.24, 2.45) is 0 Å². The van der Waals surface area contributed by atoms with Crippen molar-refractivity contribution in [2.45, 2.75) is 6.42 Å². The summed E-state index contributed by atoms with van der Waals surface area (Å²) < 4.78 is 1.11. The Morgan fingerprint density at radius 3 is 2.41 bits per heavy atom. The molecule has 0 bridgehead atoms. The van der Waals surface area contributed by atoms with E-state index < -0.39 is 5.97 Å². The summed E-state index contributed by atoms with van der Waals surface area (Å²) in [7, 11) is 0. The summed E-state index contributed by atoms with van der Waals surface area (Å²) in [6.07, 6.45) is 5.38. The smallest absolute Gasteiger partial charge is 0.335 e. The fourth-order valence-corrected chi connectivity index (χ4v) is 3.66. The molecular weight excluding hydrogens is 404 g/mol. The summed E-state index contributed by atoms with van der Waals surface area (Å²) in [5, 5.41) is 8.95. The van der Waals surface area contributed by atoms with Gasteiger partial charge in [-0.15, -0.1) is 0 Å². The van der Waals surface area contributed by atoms with E-state index in [-0.39, 0.29) is 0 Å². The summed E-state index contributed by atoms with van der Waals surface area (Å²) in [5.41, 5.74) is 2.76. The maximum absolute atomic E-state index is 10.9. The number of carbonyl (C=O) groups is 1. The van der Waals surface area contributed by atoms with Crippen molar-refractivity contribution in [1.29, 1.82) is 0 Å². The lowest BCUT2D eigenvalue weighted by Crippen LogP contribution is -2.46. The minimum absolute atomic E-state index is 0.350. The van der Waals surface area contributed by atoms with Gasteiger partial charge in [-0.1, -0.05) is 52.3 Å². The molecule has 2 aromatic rings. The molecule has 0 amide bonds. The SMILES string of the molecule is O=C(O)c1ccc(CCN2CCN(C/C=C/c3cccc(Br)c3)CC2)cc1. The Kier molecular flexibility index (Phi) is 7.21. The van der Waals surface area contributed by atoms with E-state index in [1.165, 1.54) is 11.1 Å². The lowest BCUT2D eigenvalue weighted by atomic mass is 10.1. The predicted octanol–water partition coefficient (Wildman–Crippen LogP) is 4.02. The van der Waals surface area contributed by atoms with Crippen LogP contribution in [-0.4, -0.2) is 60.1 Å². The highest BCUT2D eigenvalue weighted by Crippen LogP contribution is 2.13. The molecule has 0 saturated carbocycles. The van der Waals surface area contributed by atoms with Crippen molar-refractivity contribution in [2.75, 3.05) is 39.3 Å². The second-order valence-electron chi connectivity index (χ2n) is 6.85. The monoisotopic (exact) mass is 428 g/mol. The van der Waals surface area contributed by atoms with Gasteiger partial charge in [0.1, 0.15) is 0 Å². The third-order valence-corrected chi connectivity index (χ3v) is 5.40. The van der Waals surface area contributed by atoms with Crippen LogP contribution in [0.5, 0.6) is 0 Å². The Morgan fingerprint density at radius 2 is 1.74 bits per heavy atom. The van der Waals surface area contributed by atoms with Gasteiger partial charge in [0.2, 0.25) is 0 Å². The molecule has 4 nitrogen and oxygen atoms in total. The summed E-state index contributed by atoms with van der Waals surface area (Å²) in [5.74, 6) is -0.869. The van der Waals surface area contributed by atoms with E-state index in [2.05, 4.69) is 56.1 Å². The number of hydrogen-bond donors (Lipinski definition) is 1. The highest BCUT2D eigenvalue weighted by atomic mass is 79.9. The molecule has 0 aromatic heterocycles. The first-order chi connectivity index (χ1) is 13.1. The van der Waals surface area contributed by atoms with Crippen molar-refractivity contribution in [3.63, 3.8) is 0 Å². The molecule has 27 heavy (non-hydrogen) atoms. The number of piperazine rings is 1. The highest BCUT2D eigenvalue weighted by molar-refractivity contribution is 9.10. The quantitative estimate of drug-likeness (QED) is 0.722. The molecule has 1 aliphatic heterocycles. The first kappa shape index (κ1) is 19.8. The maximum atomic E-state index is 10.9. The van der Waals surface area contributed by atoms with Gasteiger partial charge in [0, 0.05) is 43.7 Å². The second kappa shape index (κ2) is 9.83. The van der Waals surface area contributed by atoms with Crippen LogP contribution in [0.3, 0.4) is 0 Å². The Bertz CT molecular complexity index is 781. The van der Waals surface area contributed by atoms with Crippen LogP contribution in [0, 0.1) is 0 Å². The molecule has 5 heteroatoms. The molecule has 0 spiro atoms. The fraction of sp³-hybridized carbons (Fsp3) is 0.318. The molecule has 1 fully saturated rings. The van der Waals surface area contributed by atoms with Gasteiger partial charge < -0.3 is 10.0 Å². The molecule has 0 unspecified atom stereocenters. The Labute approximate surface area is 169 Å². The Hall–Kier alpha value is -1.95. The largest absolute Gasteiger partial charge is 0.478 e. The van der Waals surface area contributed by atoms with Gasteiger partial charge in [-0.25, -0.2) is 4.79 Å². The van der Waals surface area contributed by atoms with Crippen LogP contribution in [0.1, 0.15) is 21.5 Å². The highest BCUT2D eigenvalue weighted by Gasteiger charge is 2.15. The van der Waals surface area contributed by atoms with Gasteiger partial charge in [0.25, 0.3) is 0 Å². The molecule has 0 atom stereocenters. The van der Waals surface area contributed by atoms with Crippen molar-refractivity contribution in [3.8, 4) is 0 Å². The van der Waals surface area contributed by atoms with Crippen LogP contribution >= 0.6 is 15.9 Å². The number of nitrogens with zero attached hydrogens (tertiary/aromatic N) is 2. The zero-order chi connectivity index (χ0) is 19.1. The van der Waals surface area contributed by atoms with Crippen molar-refractivity contribution < 1.29 is 9.90 Å². The number of carboxylic acid groups (broad SMARTS) is 1. The van der Waals surface area contributed by atoms with E-state index in [0.29, 0.717) is 5.56 Å². The van der Waals surface area contributed by atoms with E-state index in [0.717, 1.165) is 50.2 Å². The fourth-order valence-electron chi connectivity index (χ4n) is 3.24. The first-order valence-corrected chi connectivity index (χ1v) is 10.1. The summed E-state index contributed by atoms with van der Waals surface area (Å²) >= 11 is 3.50. The molecule has 142 valence electrons. The number of carboxylic acids is 1. The molecule has 2 aromatic carbocycles. The van der Waals surface area contributed by atoms with Crippen LogP contribution < -0.4 is 0 Å². The van der Waals surface area contributed by atoms with Gasteiger partial charge in [0.15, 0.2) is 0 Å². The Balaban J connectivity index is 1.38. The summed E-state index contributed by atoms with van der Waals surface area (Å²) in [6.45, 7) is 6.34. The number of hydrogen-bond acceptors (Lipinski definition) is 3. The van der Waals surface area contributed by atoms with E-state index in [1.807, 2.05) is 18.2 Å².